The van der Waals surface area contributed by atoms with E-state index in [1.54, 1.807) is 0 Å². The molecule has 0 saturated carbocycles. The van der Waals surface area contributed by atoms with Gasteiger partial charge in [0.15, 0.2) is 17.4 Å². The van der Waals surface area contributed by atoms with Gasteiger partial charge in [0.05, 0.1) is 9.52 Å². The van der Waals surface area contributed by atoms with Crippen molar-refractivity contribution in [1.82, 2.24) is 0 Å². The number of hydrogen-bond donors (Lipinski definition) is 0. The van der Waals surface area contributed by atoms with Crippen molar-refractivity contribution in [1.29, 1.82) is 0 Å². The molecule has 0 aliphatic carbocycles. The quantitative estimate of drug-likeness (QED) is 0.533. The summed E-state index contributed by atoms with van der Waals surface area (Å²) < 4.78 is 5.58. The summed E-state index contributed by atoms with van der Waals surface area (Å²) >= 11 is 0. The van der Waals surface area contributed by atoms with Crippen LogP contribution < -0.4 is 0 Å². The van der Waals surface area contributed by atoms with Gasteiger partial charge >= 0.3 is 0 Å². The average Bonchev–Trinajstić information content (AvgIpc) is 1.91. The highest BCUT2D eigenvalue weighted by Crippen LogP contribution is 2.11. The molecule has 0 aromatic carbocycles. The van der Waals surface area contributed by atoms with Crippen LogP contribution in [0.3, 0.4) is 0 Å². The molecule has 1 unspecified atom stereocenters. The lowest BCUT2D eigenvalue weighted by atomic mass is 10.2. The molecular formula is C7H19AlOSi. The monoisotopic (exact) mass is 174 g/mol. The van der Waals surface area contributed by atoms with E-state index >= 15 is 0 Å². The molecule has 0 bridgehead atoms. The Kier molecular flexibility index (Phi) is 6.88. The molecule has 1 rings (SSSR count). The summed E-state index contributed by atoms with van der Waals surface area (Å²) in [7, 11) is 0.154. The average molecular weight is 174 g/mol. The van der Waals surface area contributed by atoms with E-state index in [1.807, 2.05) is 0 Å². The van der Waals surface area contributed by atoms with Gasteiger partial charge in [0.25, 0.3) is 0 Å². The van der Waals surface area contributed by atoms with E-state index in [1.165, 1.54) is 25.3 Å². The Morgan fingerprint density at radius 1 is 1.50 bits per heavy atom. The number of hydrogen-bond acceptors (Lipinski definition) is 1. The fraction of sp³-hybridized carbons (Fsp3) is 1.00. The van der Waals surface area contributed by atoms with Crippen LogP contribution in [0, 0.1) is 0 Å². The molecule has 0 amide bonds. The van der Waals surface area contributed by atoms with Crippen molar-refractivity contribution < 1.29 is 4.74 Å². The van der Waals surface area contributed by atoms with Crippen LogP contribution in [0.4, 0.5) is 0 Å². The van der Waals surface area contributed by atoms with E-state index in [0.717, 1.165) is 12.3 Å². The first kappa shape index (κ1) is 10.7. The minimum absolute atomic E-state index is 0. The second-order valence-corrected chi connectivity index (χ2v) is 5.27. The van der Waals surface area contributed by atoms with E-state index in [2.05, 4.69) is 6.92 Å². The fourth-order valence-electron chi connectivity index (χ4n) is 1.36. The predicted octanol–water partition coefficient (Wildman–Crippen LogP) is -0.0639. The Bertz CT molecular complexity index is 71.3. The van der Waals surface area contributed by atoms with Crippen molar-refractivity contribution in [3.63, 3.8) is 0 Å². The Hall–Kier alpha value is 0.709. The summed E-state index contributed by atoms with van der Waals surface area (Å²) in [6.07, 6.45) is 4.08. The van der Waals surface area contributed by atoms with Gasteiger partial charge in [-0.2, -0.15) is 0 Å². The zero-order valence-electron chi connectivity index (χ0n) is 6.23. The first-order valence-electron chi connectivity index (χ1n) is 4.05. The molecule has 1 nitrogen and oxygen atoms in total. The zero-order valence-corrected chi connectivity index (χ0v) is 7.64. The number of rotatable bonds is 2. The molecule has 3 heteroatoms. The van der Waals surface area contributed by atoms with Crippen molar-refractivity contribution in [3.8, 4) is 0 Å². The lowest BCUT2D eigenvalue weighted by molar-refractivity contribution is 0.0651. The molecule has 1 fully saturated rings. The number of ether oxygens (including phenoxy) is 1. The van der Waals surface area contributed by atoms with Gasteiger partial charge in [0, 0.05) is 12.3 Å². The van der Waals surface area contributed by atoms with Crippen LogP contribution in [0.5, 0.6) is 0 Å². The van der Waals surface area contributed by atoms with Crippen LogP contribution in [-0.4, -0.2) is 39.2 Å². The molecular weight excluding hydrogens is 155 g/mol. The largest absolute Gasteiger partial charge is 0.382 e. The molecule has 1 aliphatic rings. The van der Waals surface area contributed by atoms with Gasteiger partial charge in [0.2, 0.25) is 0 Å². The maximum Gasteiger partial charge on any atom is 0.187 e. The highest BCUT2D eigenvalue weighted by Gasteiger charge is 2.11. The van der Waals surface area contributed by atoms with Crippen molar-refractivity contribution in [2.75, 3.05) is 6.61 Å². The minimum Gasteiger partial charge on any atom is -0.382 e. The summed E-state index contributed by atoms with van der Waals surface area (Å²) in [6.45, 7) is 3.32. The van der Waals surface area contributed by atoms with Gasteiger partial charge < -0.3 is 4.74 Å². The van der Waals surface area contributed by atoms with Gasteiger partial charge in [-0.15, -0.1) is 0 Å². The van der Waals surface area contributed by atoms with E-state index in [4.69, 9.17) is 4.74 Å². The Morgan fingerprint density at radius 3 is 2.80 bits per heavy atom. The van der Waals surface area contributed by atoms with E-state index in [-0.39, 0.29) is 26.9 Å². The van der Waals surface area contributed by atoms with Crippen LogP contribution in [0.2, 0.25) is 6.04 Å². The Morgan fingerprint density at radius 2 is 2.30 bits per heavy atom. The van der Waals surface area contributed by atoms with Gasteiger partial charge in [-0.25, -0.2) is 0 Å². The molecule has 60 valence electrons. The van der Waals surface area contributed by atoms with E-state index in [0.29, 0.717) is 0 Å². The van der Waals surface area contributed by atoms with Gasteiger partial charge in [-0.05, 0) is 19.3 Å². The summed E-state index contributed by atoms with van der Waals surface area (Å²) in [5.74, 6) is 0. The lowest BCUT2D eigenvalue weighted by Crippen LogP contribution is -2.24. The Labute approximate surface area is 76.5 Å². The maximum absolute atomic E-state index is 5.58. The van der Waals surface area contributed by atoms with Gasteiger partial charge in [0.1, 0.15) is 0 Å². The second kappa shape index (κ2) is 6.42. The minimum atomic E-state index is 0. The van der Waals surface area contributed by atoms with Crippen LogP contribution in [-0.2, 0) is 4.74 Å². The standard InChI is InChI=1S/C7H16OSi.Al.3H/c1-2-9-7-5-3-4-6-8-7;;;;/h7H,2-6,9H2,1H3;;;;. The van der Waals surface area contributed by atoms with Crippen LogP contribution in [0.15, 0.2) is 0 Å². The fourth-order valence-corrected chi connectivity index (χ4v) is 2.91. The third-order valence-electron chi connectivity index (χ3n) is 1.88. The highest BCUT2D eigenvalue weighted by molar-refractivity contribution is 6.37. The van der Waals surface area contributed by atoms with Crippen LogP contribution in [0.1, 0.15) is 26.2 Å². The van der Waals surface area contributed by atoms with Gasteiger partial charge in [-0.3, -0.25) is 0 Å². The molecule has 0 spiro atoms. The van der Waals surface area contributed by atoms with E-state index < -0.39 is 0 Å². The second-order valence-electron chi connectivity index (χ2n) is 2.78. The topological polar surface area (TPSA) is 9.23 Å². The smallest absolute Gasteiger partial charge is 0.187 e. The molecule has 1 saturated heterocycles. The first-order chi connectivity index (χ1) is 4.43. The summed E-state index contributed by atoms with van der Waals surface area (Å²) in [5, 5.41) is 0. The SMILES string of the molecule is CC[SiH2]C1CCCCO1.[AlH3]. The Balaban J connectivity index is 0.000000810. The molecule has 0 aromatic heterocycles. The molecule has 1 aliphatic heterocycles. The molecule has 0 aromatic rings. The van der Waals surface area contributed by atoms with Crippen molar-refractivity contribution in [2.45, 2.75) is 38.0 Å². The predicted molar refractivity (Wildman–Crippen MR) is 52.6 cm³/mol. The molecule has 0 radical (unpaired) electrons. The van der Waals surface area contributed by atoms with Crippen molar-refractivity contribution in [3.05, 3.63) is 0 Å². The highest BCUT2D eigenvalue weighted by atomic mass is 28.2. The summed E-state index contributed by atoms with van der Waals surface area (Å²) in [5.41, 5.74) is 0.740. The first-order valence-corrected chi connectivity index (χ1v) is 5.86. The third-order valence-corrected chi connectivity index (χ3v) is 3.75. The van der Waals surface area contributed by atoms with Crippen LogP contribution >= 0.6 is 0 Å². The normalized spacial score (nSPS) is 26.7. The maximum atomic E-state index is 5.58. The molecule has 0 N–H and O–H groups in total. The zero-order chi connectivity index (χ0) is 6.53. The lowest BCUT2D eigenvalue weighted by Gasteiger charge is -2.21. The van der Waals surface area contributed by atoms with Gasteiger partial charge in [-0.1, -0.05) is 13.0 Å². The molecule has 1 atom stereocenters. The molecule has 1 heterocycles. The van der Waals surface area contributed by atoms with Crippen molar-refractivity contribution >= 4 is 26.9 Å². The van der Waals surface area contributed by atoms with E-state index in [9.17, 15) is 0 Å². The van der Waals surface area contributed by atoms with Crippen LogP contribution in [0.25, 0.3) is 0 Å². The summed E-state index contributed by atoms with van der Waals surface area (Å²) in [6, 6.07) is 1.41. The summed E-state index contributed by atoms with van der Waals surface area (Å²) in [4.78, 5) is 0. The molecule has 10 heavy (non-hydrogen) atoms. The third kappa shape index (κ3) is 3.78. The van der Waals surface area contributed by atoms with Crippen molar-refractivity contribution in [2.24, 2.45) is 0 Å².